The van der Waals surface area contributed by atoms with Crippen LogP contribution in [0.2, 0.25) is 0 Å². The number of rotatable bonds is 6. The number of ether oxygens (including phenoxy) is 1. The van der Waals surface area contributed by atoms with Crippen LogP contribution in [0.1, 0.15) is 31.0 Å². The van der Waals surface area contributed by atoms with Crippen LogP contribution in [0.3, 0.4) is 0 Å². The van der Waals surface area contributed by atoms with Crippen molar-refractivity contribution < 1.29 is 4.74 Å². The fourth-order valence-corrected chi connectivity index (χ4v) is 2.67. The Morgan fingerprint density at radius 2 is 2.30 bits per heavy atom. The van der Waals surface area contributed by atoms with Crippen molar-refractivity contribution in [3.05, 3.63) is 23.4 Å². The third kappa shape index (κ3) is 4.18. The van der Waals surface area contributed by atoms with E-state index in [4.69, 9.17) is 9.72 Å². The summed E-state index contributed by atoms with van der Waals surface area (Å²) in [5.74, 6) is 1.70. The van der Waals surface area contributed by atoms with E-state index in [9.17, 15) is 0 Å². The molecule has 1 fully saturated rings. The number of anilines is 1. The van der Waals surface area contributed by atoms with Gasteiger partial charge in [-0.25, -0.2) is 4.98 Å². The molecule has 20 heavy (non-hydrogen) atoms. The highest BCUT2D eigenvalue weighted by molar-refractivity contribution is 5.41. The Morgan fingerprint density at radius 1 is 1.45 bits per heavy atom. The second-order valence-electron chi connectivity index (χ2n) is 5.66. The molecule has 1 aromatic rings. The van der Waals surface area contributed by atoms with Crippen molar-refractivity contribution in [2.45, 2.75) is 33.2 Å². The zero-order valence-electron chi connectivity index (χ0n) is 13.0. The van der Waals surface area contributed by atoms with Crippen LogP contribution >= 0.6 is 0 Å². The minimum absolute atomic E-state index is 0.636. The highest BCUT2D eigenvalue weighted by atomic mass is 16.5. The van der Waals surface area contributed by atoms with E-state index in [2.05, 4.69) is 43.2 Å². The standard InChI is InChI=1S/C16H27N3O/c1-4-17-10-15-7-8-16(18-13(15)2)19(3)11-14-6-5-9-20-12-14/h7-8,14,17H,4-6,9-12H2,1-3H3. The molecule has 4 heteroatoms. The van der Waals surface area contributed by atoms with Gasteiger partial charge in [-0.05, 0) is 43.9 Å². The summed E-state index contributed by atoms with van der Waals surface area (Å²) < 4.78 is 5.55. The van der Waals surface area contributed by atoms with Crippen molar-refractivity contribution in [1.82, 2.24) is 10.3 Å². The molecule has 1 atom stereocenters. The Bertz CT molecular complexity index is 416. The molecule has 0 bridgehead atoms. The number of hydrogen-bond donors (Lipinski definition) is 1. The smallest absolute Gasteiger partial charge is 0.128 e. The van der Waals surface area contributed by atoms with Gasteiger partial charge in [0.25, 0.3) is 0 Å². The maximum Gasteiger partial charge on any atom is 0.128 e. The van der Waals surface area contributed by atoms with Gasteiger partial charge in [0, 0.05) is 32.4 Å². The van der Waals surface area contributed by atoms with Crippen molar-refractivity contribution in [2.24, 2.45) is 5.92 Å². The molecule has 1 N–H and O–H groups in total. The molecule has 1 aromatic heterocycles. The summed E-state index contributed by atoms with van der Waals surface area (Å²) in [6.07, 6.45) is 2.45. The lowest BCUT2D eigenvalue weighted by Gasteiger charge is -2.28. The molecule has 1 saturated heterocycles. The topological polar surface area (TPSA) is 37.4 Å². The van der Waals surface area contributed by atoms with E-state index in [-0.39, 0.29) is 0 Å². The van der Waals surface area contributed by atoms with Crippen LogP contribution in [-0.2, 0) is 11.3 Å². The lowest BCUT2D eigenvalue weighted by molar-refractivity contribution is 0.0576. The molecule has 112 valence electrons. The highest BCUT2D eigenvalue weighted by Gasteiger charge is 2.17. The monoisotopic (exact) mass is 277 g/mol. The molecule has 0 saturated carbocycles. The van der Waals surface area contributed by atoms with Crippen LogP contribution < -0.4 is 10.2 Å². The number of aryl methyl sites for hydroxylation is 1. The fraction of sp³-hybridized carbons (Fsp3) is 0.688. The Hall–Kier alpha value is -1.13. The molecular weight excluding hydrogens is 250 g/mol. The lowest BCUT2D eigenvalue weighted by atomic mass is 10.0. The molecular formula is C16H27N3O. The maximum atomic E-state index is 5.55. The predicted molar refractivity (Wildman–Crippen MR) is 83.2 cm³/mol. The van der Waals surface area contributed by atoms with Gasteiger partial charge in [-0.1, -0.05) is 13.0 Å². The van der Waals surface area contributed by atoms with Crippen LogP contribution in [0.4, 0.5) is 5.82 Å². The number of aromatic nitrogens is 1. The fourth-order valence-electron chi connectivity index (χ4n) is 2.67. The van der Waals surface area contributed by atoms with Crippen LogP contribution in [0.5, 0.6) is 0 Å². The molecule has 0 amide bonds. The Labute approximate surface area is 122 Å². The summed E-state index contributed by atoms with van der Waals surface area (Å²) >= 11 is 0. The average molecular weight is 277 g/mol. The predicted octanol–water partition coefficient (Wildman–Crippen LogP) is 2.36. The highest BCUT2D eigenvalue weighted by Crippen LogP contribution is 2.19. The van der Waals surface area contributed by atoms with E-state index in [1.54, 1.807) is 0 Å². The number of pyridine rings is 1. The van der Waals surface area contributed by atoms with Crippen LogP contribution in [0.15, 0.2) is 12.1 Å². The van der Waals surface area contributed by atoms with Gasteiger partial charge in [0.05, 0.1) is 6.61 Å². The van der Waals surface area contributed by atoms with E-state index in [0.29, 0.717) is 5.92 Å². The zero-order chi connectivity index (χ0) is 14.4. The van der Waals surface area contributed by atoms with Crippen molar-refractivity contribution in [3.63, 3.8) is 0 Å². The summed E-state index contributed by atoms with van der Waals surface area (Å²) in [6.45, 7) is 8.95. The summed E-state index contributed by atoms with van der Waals surface area (Å²) in [6, 6.07) is 4.32. The molecule has 0 spiro atoms. The molecule has 1 aliphatic rings. The second-order valence-corrected chi connectivity index (χ2v) is 5.66. The third-order valence-electron chi connectivity index (χ3n) is 3.92. The van der Waals surface area contributed by atoms with Crippen molar-refractivity contribution in [3.8, 4) is 0 Å². The van der Waals surface area contributed by atoms with Crippen molar-refractivity contribution in [2.75, 3.05) is 38.3 Å². The van der Waals surface area contributed by atoms with Gasteiger partial charge in [-0.2, -0.15) is 0 Å². The van der Waals surface area contributed by atoms with E-state index in [1.807, 2.05) is 0 Å². The first kappa shape index (κ1) is 15.3. The maximum absolute atomic E-state index is 5.55. The Morgan fingerprint density at radius 3 is 2.95 bits per heavy atom. The van der Waals surface area contributed by atoms with Gasteiger partial charge in [-0.3, -0.25) is 0 Å². The minimum Gasteiger partial charge on any atom is -0.381 e. The van der Waals surface area contributed by atoms with Gasteiger partial charge in [0.15, 0.2) is 0 Å². The second kappa shape index (κ2) is 7.60. The van der Waals surface area contributed by atoms with Crippen LogP contribution in [-0.4, -0.2) is 38.3 Å². The number of nitrogens with zero attached hydrogens (tertiary/aromatic N) is 2. The van der Waals surface area contributed by atoms with Crippen molar-refractivity contribution in [1.29, 1.82) is 0 Å². The first-order chi connectivity index (χ1) is 9.70. The van der Waals surface area contributed by atoms with E-state index < -0.39 is 0 Å². The van der Waals surface area contributed by atoms with Gasteiger partial charge in [0.2, 0.25) is 0 Å². The largest absolute Gasteiger partial charge is 0.381 e. The summed E-state index contributed by atoms with van der Waals surface area (Å²) in [5, 5.41) is 3.35. The van der Waals surface area contributed by atoms with Gasteiger partial charge in [-0.15, -0.1) is 0 Å². The molecule has 1 unspecified atom stereocenters. The zero-order valence-corrected chi connectivity index (χ0v) is 13.0. The van der Waals surface area contributed by atoms with Gasteiger partial charge >= 0.3 is 0 Å². The quantitative estimate of drug-likeness (QED) is 0.866. The van der Waals surface area contributed by atoms with Crippen molar-refractivity contribution >= 4 is 5.82 Å². The first-order valence-electron chi connectivity index (χ1n) is 7.66. The van der Waals surface area contributed by atoms with E-state index >= 15 is 0 Å². The third-order valence-corrected chi connectivity index (χ3v) is 3.92. The van der Waals surface area contributed by atoms with Crippen LogP contribution in [0.25, 0.3) is 0 Å². The first-order valence-corrected chi connectivity index (χ1v) is 7.66. The van der Waals surface area contributed by atoms with Gasteiger partial charge in [0.1, 0.15) is 5.82 Å². The summed E-state index contributed by atoms with van der Waals surface area (Å²) in [5.41, 5.74) is 2.40. The molecule has 2 rings (SSSR count). The minimum atomic E-state index is 0.636. The Balaban J connectivity index is 1.95. The Kier molecular flexibility index (Phi) is 5.80. The molecule has 0 radical (unpaired) electrons. The number of nitrogens with one attached hydrogen (secondary N) is 1. The summed E-state index contributed by atoms with van der Waals surface area (Å²) in [4.78, 5) is 6.99. The van der Waals surface area contributed by atoms with Gasteiger partial charge < -0.3 is 15.0 Å². The molecule has 0 aromatic carbocycles. The SMILES string of the molecule is CCNCc1ccc(N(C)CC2CCCOC2)nc1C. The van der Waals surface area contributed by atoms with E-state index in [1.165, 1.54) is 18.4 Å². The molecule has 2 heterocycles. The molecule has 1 aliphatic heterocycles. The molecule has 0 aliphatic carbocycles. The lowest BCUT2D eigenvalue weighted by Crippen LogP contribution is -2.31. The molecule has 4 nitrogen and oxygen atoms in total. The normalized spacial score (nSPS) is 19.1. The summed E-state index contributed by atoms with van der Waals surface area (Å²) in [7, 11) is 2.13. The number of hydrogen-bond acceptors (Lipinski definition) is 4. The van der Waals surface area contributed by atoms with Crippen LogP contribution in [0, 0.1) is 12.8 Å². The van der Waals surface area contributed by atoms with E-state index in [0.717, 1.165) is 44.4 Å². The average Bonchev–Trinajstić information content (AvgIpc) is 2.47.